The van der Waals surface area contributed by atoms with Gasteiger partial charge in [-0.2, -0.15) is 4.68 Å². The first-order valence-corrected chi connectivity index (χ1v) is 8.47. The summed E-state index contributed by atoms with van der Waals surface area (Å²) in [4.78, 5) is 16.9. The zero-order chi connectivity index (χ0) is 17.1. The lowest BCUT2D eigenvalue weighted by Crippen LogP contribution is -2.28. The van der Waals surface area contributed by atoms with Gasteiger partial charge in [-0.15, -0.1) is 16.4 Å². The van der Waals surface area contributed by atoms with E-state index in [9.17, 15) is 4.79 Å². The van der Waals surface area contributed by atoms with Crippen molar-refractivity contribution in [3.63, 3.8) is 0 Å². The monoisotopic (exact) mass is 344 g/mol. The standard InChI is InChI=1S/C17H20N4O2S/c1-19(2)14-8-6-13(7-9-14)11-20(3)12-21-17(22)23-16(18-21)15-5-4-10-24-15/h4-10H,11-12H2,1-3H3. The van der Waals surface area contributed by atoms with Crippen LogP contribution in [-0.4, -0.2) is 35.8 Å². The molecule has 0 amide bonds. The fraction of sp³-hybridized carbons (Fsp3) is 0.294. The Labute approximate surface area is 144 Å². The predicted octanol–water partition coefficient (Wildman–Crippen LogP) is 2.72. The summed E-state index contributed by atoms with van der Waals surface area (Å²) in [5, 5.41) is 6.20. The number of hydrogen-bond acceptors (Lipinski definition) is 6. The normalized spacial score (nSPS) is 11.2. The van der Waals surface area contributed by atoms with E-state index >= 15 is 0 Å². The molecule has 126 valence electrons. The lowest BCUT2D eigenvalue weighted by atomic mass is 10.2. The SMILES string of the molecule is CN(Cc1ccc(N(C)C)cc1)Cn1nc(-c2cccs2)oc1=O. The first-order valence-electron chi connectivity index (χ1n) is 7.59. The van der Waals surface area contributed by atoms with Crippen LogP contribution < -0.4 is 10.7 Å². The van der Waals surface area contributed by atoms with Crippen molar-refractivity contribution in [3.8, 4) is 10.8 Å². The summed E-state index contributed by atoms with van der Waals surface area (Å²) < 4.78 is 6.58. The zero-order valence-electron chi connectivity index (χ0n) is 14.0. The highest BCUT2D eigenvalue weighted by Crippen LogP contribution is 2.21. The van der Waals surface area contributed by atoms with Gasteiger partial charge in [-0.1, -0.05) is 18.2 Å². The second-order valence-electron chi connectivity index (χ2n) is 5.87. The molecule has 0 aliphatic rings. The van der Waals surface area contributed by atoms with Gasteiger partial charge in [0, 0.05) is 26.3 Å². The molecule has 3 rings (SSSR count). The minimum atomic E-state index is -0.437. The fourth-order valence-corrected chi connectivity index (χ4v) is 3.03. The molecule has 2 aromatic heterocycles. The van der Waals surface area contributed by atoms with Gasteiger partial charge in [-0.25, -0.2) is 4.79 Å². The van der Waals surface area contributed by atoms with E-state index < -0.39 is 5.76 Å². The Morgan fingerprint density at radius 3 is 2.54 bits per heavy atom. The van der Waals surface area contributed by atoms with Crippen molar-refractivity contribution < 1.29 is 4.42 Å². The van der Waals surface area contributed by atoms with Gasteiger partial charge >= 0.3 is 5.76 Å². The smallest absolute Gasteiger partial charge is 0.387 e. The van der Waals surface area contributed by atoms with Crippen molar-refractivity contribution in [2.24, 2.45) is 0 Å². The summed E-state index contributed by atoms with van der Waals surface area (Å²) >= 11 is 1.50. The van der Waals surface area contributed by atoms with E-state index in [1.165, 1.54) is 21.6 Å². The summed E-state index contributed by atoms with van der Waals surface area (Å²) in [7, 11) is 5.98. The largest absolute Gasteiger partial charge is 0.438 e. The van der Waals surface area contributed by atoms with E-state index in [0.29, 0.717) is 12.6 Å². The number of thiophene rings is 1. The topological polar surface area (TPSA) is 54.5 Å². The van der Waals surface area contributed by atoms with Crippen LogP contribution in [0.1, 0.15) is 5.56 Å². The Morgan fingerprint density at radius 1 is 1.17 bits per heavy atom. The average molecular weight is 344 g/mol. The Morgan fingerprint density at radius 2 is 1.92 bits per heavy atom. The molecule has 0 N–H and O–H groups in total. The van der Waals surface area contributed by atoms with E-state index in [1.807, 2.05) is 43.6 Å². The molecule has 0 aliphatic heterocycles. The van der Waals surface area contributed by atoms with Crippen LogP contribution in [0.4, 0.5) is 5.69 Å². The van der Waals surface area contributed by atoms with Crippen molar-refractivity contribution in [1.29, 1.82) is 0 Å². The van der Waals surface area contributed by atoms with Gasteiger partial charge in [0.15, 0.2) is 0 Å². The minimum Gasteiger partial charge on any atom is -0.387 e. The third-order valence-corrected chi connectivity index (χ3v) is 4.48. The van der Waals surface area contributed by atoms with Gasteiger partial charge < -0.3 is 9.32 Å². The number of aromatic nitrogens is 2. The molecule has 2 heterocycles. The van der Waals surface area contributed by atoms with Gasteiger partial charge in [-0.3, -0.25) is 4.90 Å². The maximum Gasteiger partial charge on any atom is 0.438 e. The summed E-state index contributed by atoms with van der Waals surface area (Å²) in [6, 6.07) is 12.1. The minimum absolute atomic E-state index is 0.374. The van der Waals surface area contributed by atoms with E-state index in [2.05, 4.69) is 34.3 Å². The molecule has 0 saturated carbocycles. The molecule has 0 fully saturated rings. The molecule has 0 atom stereocenters. The molecule has 0 saturated heterocycles. The molecule has 24 heavy (non-hydrogen) atoms. The Bertz CT molecular complexity index is 834. The van der Waals surface area contributed by atoms with Gasteiger partial charge in [0.2, 0.25) is 0 Å². The van der Waals surface area contributed by atoms with Crippen molar-refractivity contribution in [2.75, 3.05) is 26.0 Å². The predicted molar refractivity (Wildman–Crippen MR) is 96.3 cm³/mol. The molecule has 0 radical (unpaired) electrons. The molecule has 3 aromatic rings. The lowest BCUT2D eigenvalue weighted by molar-refractivity contribution is 0.237. The fourth-order valence-electron chi connectivity index (χ4n) is 2.39. The van der Waals surface area contributed by atoms with E-state index in [0.717, 1.165) is 17.1 Å². The molecule has 7 heteroatoms. The van der Waals surface area contributed by atoms with Crippen LogP contribution in [0.5, 0.6) is 0 Å². The first kappa shape index (κ1) is 16.5. The van der Waals surface area contributed by atoms with Crippen LogP contribution in [0.15, 0.2) is 51.0 Å². The second kappa shape index (κ2) is 7.02. The second-order valence-corrected chi connectivity index (χ2v) is 6.81. The van der Waals surface area contributed by atoms with Crippen LogP contribution in [0, 0.1) is 0 Å². The zero-order valence-corrected chi connectivity index (χ0v) is 14.8. The molecule has 1 aromatic carbocycles. The summed E-state index contributed by atoms with van der Waals surface area (Å²) in [5.41, 5.74) is 2.34. The Balaban J connectivity index is 1.66. The van der Waals surface area contributed by atoms with E-state index in [4.69, 9.17) is 4.42 Å². The van der Waals surface area contributed by atoms with Crippen molar-refractivity contribution in [2.45, 2.75) is 13.2 Å². The summed E-state index contributed by atoms with van der Waals surface area (Å²) in [6.45, 7) is 1.10. The molecule has 0 aliphatic carbocycles. The Kier molecular flexibility index (Phi) is 4.82. The Hall–Kier alpha value is -2.38. The van der Waals surface area contributed by atoms with Crippen molar-refractivity contribution >= 4 is 17.0 Å². The van der Waals surface area contributed by atoms with Crippen LogP contribution in [0.3, 0.4) is 0 Å². The maximum absolute atomic E-state index is 11.9. The summed E-state index contributed by atoms with van der Waals surface area (Å²) in [5.74, 6) is -0.0630. The lowest BCUT2D eigenvalue weighted by Gasteiger charge is -2.17. The molecule has 6 nitrogen and oxygen atoms in total. The number of benzene rings is 1. The van der Waals surface area contributed by atoms with Crippen LogP contribution in [0.25, 0.3) is 10.8 Å². The van der Waals surface area contributed by atoms with Crippen LogP contribution >= 0.6 is 11.3 Å². The third kappa shape index (κ3) is 3.74. The third-order valence-electron chi connectivity index (χ3n) is 3.62. The van der Waals surface area contributed by atoms with Gasteiger partial charge in [-0.05, 0) is 36.2 Å². The van der Waals surface area contributed by atoms with E-state index in [-0.39, 0.29) is 0 Å². The first-order chi connectivity index (χ1) is 11.5. The van der Waals surface area contributed by atoms with Crippen LogP contribution in [-0.2, 0) is 13.2 Å². The number of nitrogens with zero attached hydrogens (tertiary/aromatic N) is 4. The van der Waals surface area contributed by atoms with E-state index in [1.54, 1.807) is 0 Å². The molecular formula is C17H20N4O2S. The average Bonchev–Trinajstić information content (AvgIpc) is 3.18. The highest BCUT2D eigenvalue weighted by molar-refractivity contribution is 7.13. The highest BCUT2D eigenvalue weighted by Gasteiger charge is 2.12. The maximum atomic E-state index is 11.9. The van der Waals surface area contributed by atoms with Gasteiger partial charge in [0.05, 0.1) is 4.88 Å². The number of rotatable bonds is 6. The molecule has 0 spiro atoms. The highest BCUT2D eigenvalue weighted by atomic mass is 32.1. The van der Waals surface area contributed by atoms with Crippen LogP contribution in [0.2, 0.25) is 0 Å². The summed E-state index contributed by atoms with van der Waals surface area (Å²) in [6.07, 6.45) is 0. The van der Waals surface area contributed by atoms with Crippen molar-refractivity contribution in [3.05, 3.63) is 57.9 Å². The number of anilines is 1. The number of hydrogen-bond donors (Lipinski definition) is 0. The van der Waals surface area contributed by atoms with Gasteiger partial charge in [0.1, 0.15) is 6.67 Å². The van der Waals surface area contributed by atoms with Crippen molar-refractivity contribution in [1.82, 2.24) is 14.7 Å². The van der Waals surface area contributed by atoms with Gasteiger partial charge in [0.25, 0.3) is 5.89 Å². The quantitative estimate of drug-likeness (QED) is 0.688. The molecule has 0 bridgehead atoms. The molecule has 0 unspecified atom stereocenters. The molecular weight excluding hydrogens is 324 g/mol.